The third-order valence-corrected chi connectivity index (χ3v) is 4.08. The first-order valence-corrected chi connectivity index (χ1v) is 6.38. The number of rotatable bonds is 3. The van der Waals surface area contributed by atoms with Crippen molar-refractivity contribution in [2.45, 2.75) is 24.8 Å². The quantitative estimate of drug-likeness (QED) is 0.649. The van der Waals surface area contributed by atoms with Crippen molar-refractivity contribution in [1.82, 2.24) is 5.32 Å². The fraction of sp³-hybridized carbons (Fsp3) is 0.455. The van der Waals surface area contributed by atoms with Crippen LogP contribution in [0.4, 0.5) is 5.69 Å². The smallest absolute Gasteiger partial charge is 0.275 e. The standard InChI is InChI=1S/C11H14N2O2S/c1-2-8-7-16-11(12-8)9-5-3-4-6-10(9)13(14)15/h3-6,8,11-12H,2,7H2,1H3. The van der Waals surface area contributed by atoms with E-state index in [0.717, 1.165) is 17.7 Å². The highest BCUT2D eigenvalue weighted by Crippen LogP contribution is 2.37. The summed E-state index contributed by atoms with van der Waals surface area (Å²) in [6.45, 7) is 2.13. The number of nitrogens with one attached hydrogen (secondary N) is 1. The van der Waals surface area contributed by atoms with Gasteiger partial charge in [-0.2, -0.15) is 0 Å². The van der Waals surface area contributed by atoms with E-state index in [2.05, 4.69) is 12.2 Å². The molecule has 0 amide bonds. The van der Waals surface area contributed by atoms with Crippen molar-refractivity contribution in [2.75, 3.05) is 5.75 Å². The van der Waals surface area contributed by atoms with E-state index in [1.54, 1.807) is 23.9 Å². The van der Waals surface area contributed by atoms with Crippen LogP contribution in [0.15, 0.2) is 24.3 Å². The molecule has 2 unspecified atom stereocenters. The molecule has 0 aliphatic carbocycles. The second-order valence-electron chi connectivity index (χ2n) is 3.80. The number of nitro groups is 1. The maximum absolute atomic E-state index is 10.9. The van der Waals surface area contributed by atoms with Crippen molar-refractivity contribution in [1.29, 1.82) is 0 Å². The Hall–Kier alpha value is -1.07. The van der Waals surface area contributed by atoms with Gasteiger partial charge in [0.05, 0.1) is 15.9 Å². The summed E-state index contributed by atoms with van der Waals surface area (Å²) in [5.74, 6) is 1.02. The molecule has 1 aromatic carbocycles. The topological polar surface area (TPSA) is 55.2 Å². The molecule has 2 atom stereocenters. The van der Waals surface area contributed by atoms with E-state index in [1.165, 1.54) is 0 Å². The average Bonchev–Trinajstić information content (AvgIpc) is 2.77. The van der Waals surface area contributed by atoms with E-state index in [9.17, 15) is 10.1 Å². The molecule has 1 aromatic rings. The normalized spacial score (nSPS) is 24.6. The predicted octanol–water partition coefficient (Wildman–Crippen LogP) is 2.71. The molecule has 5 heteroatoms. The highest BCUT2D eigenvalue weighted by atomic mass is 32.2. The Kier molecular flexibility index (Phi) is 3.46. The first-order chi connectivity index (χ1) is 7.72. The highest BCUT2D eigenvalue weighted by molar-refractivity contribution is 7.99. The lowest BCUT2D eigenvalue weighted by Crippen LogP contribution is -2.24. The molecular formula is C11H14N2O2S. The molecule has 1 aliphatic rings. The molecule has 1 N–H and O–H groups in total. The van der Waals surface area contributed by atoms with Crippen LogP contribution in [-0.4, -0.2) is 16.7 Å². The Labute approximate surface area is 98.6 Å². The van der Waals surface area contributed by atoms with Gasteiger partial charge in [0.1, 0.15) is 0 Å². The Bertz CT molecular complexity index is 397. The highest BCUT2D eigenvalue weighted by Gasteiger charge is 2.28. The number of thioether (sulfide) groups is 1. The van der Waals surface area contributed by atoms with Crippen LogP contribution in [0.2, 0.25) is 0 Å². The number of hydrogen-bond donors (Lipinski definition) is 1. The van der Waals surface area contributed by atoms with Crippen LogP contribution in [0.1, 0.15) is 24.3 Å². The van der Waals surface area contributed by atoms with Gasteiger partial charge in [0.25, 0.3) is 5.69 Å². The molecule has 0 spiro atoms. The second-order valence-corrected chi connectivity index (χ2v) is 4.94. The number of nitro benzene ring substituents is 1. The molecule has 2 rings (SSSR count). The molecule has 0 aromatic heterocycles. The molecule has 1 aliphatic heterocycles. The summed E-state index contributed by atoms with van der Waals surface area (Å²) in [5, 5.41) is 14.4. The van der Waals surface area contributed by atoms with Gasteiger partial charge in [-0.05, 0) is 12.5 Å². The second kappa shape index (κ2) is 4.84. The Balaban J connectivity index is 2.24. The Morgan fingerprint density at radius 2 is 2.31 bits per heavy atom. The van der Waals surface area contributed by atoms with Crippen molar-refractivity contribution in [2.24, 2.45) is 0 Å². The van der Waals surface area contributed by atoms with E-state index < -0.39 is 0 Å². The zero-order valence-corrected chi connectivity index (χ0v) is 9.87. The van der Waals surface area contributed by atoms with Crippen LogP contribution in [0, 0.1) is 10.1 Å². The zero-order valence-electron chi connectivity index (χ0n) is 9.05. The largest absolute Gasteiger partial charge is 0.298 e. The van der Waals surface area contributed by atoms with E-state index in [-0.39, 0.29) is 16.0 Å². The van der Waals surface area contributed by atoms with Crippen molar-refractivity contribution in [3.8, 4) is 0 Å². The van der Waals surface area contributed by atoms with E-state index in [4.69, 9.17) is 0 Å². The lowest BCUT2D eigenvalue weighted by atomic mass is 10.1. The average molecular weight is 238 g/mol. The van der Waals surface area contributed by atoms with Gasteiger partial charge in [0.15, 0.2) is 0 Å². The van der Waals surface area contributed by atoms with Crippen LogP contribution >= 0.6 is 11.8 Å². The Morgan fingerprint density at radius 3 is 2.94 bits per heavy atom. The molecule has 1 saturated heterocycles. The molecule has 1 fully saturated rings. The van der Waals surface area contributed by atoms with Crippen molar-refractivity contribution >= 4 is 17.4 Å². The minimum absolute atomic E-state index is 0.0616. The lowest BCUT2D eigenvalue weighted by molar-refractivity contribution is -0.385. The molecule has 86 valence electrons. The number of hydrogen-bond acceptors (Lipinski definition) is 4. The van der Waals surface area contributed by atoms with Crippen molar-refractivity contribution in [3.63, 3.8) is 0 Å². The molecule has 16 heavy (non-hydrogen) atoms. The molecule has 0 radical (unpaired) electrons. The molecule has 0 saturated carbocycles. The van der Waals surface area contributed by atoms with E-state index in [1.807, 2.05) is 12.1 Å². The van der Waals surface area contributed by atoms with Crippen LogP contribution < -0.4 is 5.32 Å². The summed E-state index contributed by atoms with van der Waals surface area (Å²) < 4.78 is 0. The van der Waals surface area contributed by atoms with Gasteiger partial charge >= 0.3 is 0 Å². The van der Waals surface area contributed by atoms with Gasteiger partial charge in [0, 0.05) is 17.9 Å². The maximum atomic E-state index is 10.9. The zero-order chi connectivity index (χ0) is 11.5. The Morgan fingerprint density at radius 1 is 1.56 bits per heavy atom. The SMILES string of the molecule is CCC1CSC(c2ccccc2[N+](=O)[O-])N1. The predicted molar refractivity (Wildman–Crippen MR) is 65.5 cm³/mol. The number of nitrogens with zero attached hydrogens (tertiary/aromatic N) is 1. The van der Waals surface area contributed by atoms with Crippen molar-refractivity contribution in [3.05, 3.63) is 39.9 Å². The summed E-state index contributed by atoms with van der Waals surface area (Å²) in [6, 6.07) is 7.43. The number of para-hydroxylation sites is 1. The molecule has 1 heterocycles. The third-order valence-electron chi connectivity index (χ3n) is 2.76. The van der Waals surface area contributed by atoms with E-state index in [0.29, 0.717) is 6.04 Å². The minimum Gasteiger partial charge on any atom is -0.298 e. The van der Waals surface area contributed by atoms with Crippen LogP contribution in [-0.2, 0) is 0 Å². The van der Waals surface area contributed by atoms with Gasteiger partial charge in [-0.3, -0.25) is 15.4 Å². The lowest BCUT2D eigenvalue weighted by Gasteiger charge is -2.12. The number of benzene rings is 1. The van der Waals surface area contributed by atoms with Crippen molar-refractivity contribution < 1.29 is 4.92 Å². The monoisotopic (exact) mass is 238 g/mol. The first-order valence-electron chi connectivity index (χ1n) is 5.33. The van der Waals surface area contributed by atoms with Gasteiger partial charge in [-0.25, -0.2) is 0 Å². The first kappa shape index (κ1) is 11.4. The summed E-state index contributed by atoms with van der Waals surface area (Å²) in [4.78, 5) is 10.6. The van der Waals surface area contributed by atoms with Gasteiger partial charge in [-0.1, -0.05) is 19.1 Å². The molecule has 4 nitrogen and oxygen atoms in total. The molecule has 0 bridgehead atoms. The fourth-order valence-corrected chi connectivity index (χ4v) is 3.24. The third kappa shape index (κ3) is 2.20. The van der Waals surface area contributed by atoms with E-state index >= 15 is 0 Å². The summed E-state index contributed by atoms with van der Waals surface area (Å²) in [5.41, 5.74) is 0.998. The summed E-state index contributed by atoms with van der Waals surface area (Å²) in [7, 11) is 0. The maximum Gasteiger partial charge on any atom is 0.275 e. The summed E-state index contributed by atoms with van der Waals surface area (Å²) >= 11 is 1.74. The van der Waals surface area contributed by atoms with Gasteiger partial charge < -0.3 is 0 Å². The van der Waals surface area contributed by atoms with Crippen LogP contribution in [0.5, 0.6) is 0 Å². The minimum atomic E-state index is -0.309. The fourth-order valence-electron chi connectivity index (χ4n) is 1.81. The summed E-state index contributed by atoms with van der Waals surface area (Å²) in [6.07, 6.45) is 1.06. The van der Waals surface area contributed by atoms with Crippen LogP contribution in [0.25, 0.3) is 0 Å². The van der Waals surface area contributed by atoms with Gasteiger partial charge in [0.2, 0.25) is 0 Å². The van der Waals surface area contributed by atoms with Gasteiger partial charge in [-0.15, -0.1) is 11.8 Å². The molecular weight excluding hydrogens is 224 g/mol. The van der Waals surface area contributed by atoms with Crippen LogP contribution in [0.3, 0.4) is 0 Å².